The fourth-order valence-electron chi connectivity index (χ4n) is 2.39. The molecule has 1 unspecified atom stereocenters. The first kappa shape index (κ1) is 12.9. The van der Waals surface area contributed by atoms with Crippen LogP contribution in [-0.4, -0.2) is 53.6 Å². The molecule has 1 aromatic heterocycles. The Morgan fingerprint density at radius 3 is 2.95 bits per heavy atom. The van der Waals surface area contributed by atoms with Crippen LogP contribution in [0.5, 0.6) is 0 Å². The van der Waals surface area contributed by atoms with Crippen LogP contribution in [0, 0.1) is 0 Å². The molecule has 106 valence electrons. The number of ether oxygens (including phenoxy) is 1. The first-order valence-corrected chi connectivity index (χ1v) is 7.11. The molecule has 4 amide bonds. The van der Waals surface area contributed by atoms with E-state index in [-0.39, 0.29) is 24.6 Å². The number of carbonyl (C=O) groups is 3. The molecule has 2 fully saturated rings. The lowest BCUT2D eigenvalue weighted by Crippen LogP contribution is -2.42. The molecule has 7 nitrogen and oxygen atoms in total. The van der Waals surface area contributed by atoms with Gasteiger partial charge < -0.3 is 9.64 Å². The highest BCUT2D eigenvalue weighted by Gasteiger charge is 2.41. The minimum absolute atomic E-state index is 0.198. The average Bonchev–Trinajstić information content (AvgIpc) is 3.11. The Morgan fingerprint density at radius 2 is 2.30 bits per heavy atom. The van der Waals surface area contributed by atoms with Crippen LogP contribution >= 0.6 is 11.3 Å². The number of thiophene rings is 1. The standard InChI is InChI=1S/C12H13N3O4S/c16-10-7-19-12(18)15(10)8-3-4-14(6-8)11(17)13-9-2-1-5-20-9/h1-2,5,8H,3-4,6-7H2,(H,13,17). The van der Waals surface area contributed by atoms with Gasteiger partial charge in [0.15, 0.2) is 6.61 Å². The van der Waals surface area contributed by atoms with E-state index in [0.29, 0.717) is 19.5 Å². The summed E-state index contributed by atoms with van der Waals surface area (Å²) < 4.78 is 4.69. The number of carbonyl (C=O) groups excluding carboxylic acids is 3. The van der Waals surface area contributed by atoms with Gasteiger partial charge in [-0.25, -0.2) is 14.5 Å². The second kappa shape index (κ2) is 5.12. The molecule has 2 saturated heterocycles. The predicted molar refractivity (Wildman–Crippen MR) is 71.5 cm³/mol. The highest BCUT2D eigenvalue weighted by molar-refractivity contribution is 7.14. The number of nitrogens with one attached hydrogen (secondary N) is 1. The van der Waals surface area contributed by atoms with Crippen LogP contribution in [0.25, 0.3) is 0 Å². The summed E-state index contributed by atoms with van der Waals surface area (Å²) in [5, 5.41) is 5.43. The van der Waals surface area contributed by atoms with Crippen molar-refractivity contribution in [3.05, 3.63) is 17.5 Å². The molecule has 0 spiro atoms. The number of nitrogens with zero attached hydrogens (tertiary/aromatic N) is 2. The van der Waals surface area contributed by atoms with Gasteiger partial charge in [-0.3, -0.25) is 10.1 Å². The van der Waals surface area contributed by atoms with E-state index < -0.39 is 6.09 Å². The molecule has 0 saturated carbocycles. The van der Waals surface area contributed by atoms with Crippen molar-refractivity contribution in [2.75, 3.05) is 25.0 Å². The molecule has 1 atom stereocenters. The first-order valence-electron chi connectivity index (χ1n) is 6.23. The Morgan fingerprint density at radius 1 is 1.45 bits per heavy atom. The number of anilines is 1. The molecule has 3 heterocycles. The van der Waals surface area contributed by atoms with Crippen LogP contribution in [0.3, 0.4) is 0 Å². The van der Waals surface area contributed by atoms with E-state index in [1.807, 2.05) is 17.5 Å². The Balaban J connectivity index is 1.60. The number of amides is 4. The molecule has 0 bridgehead atoms. The van der Waals surface area contributed by atoms with Crippen LogP contribution in [0.4, 0.5) is 14.6 Å². The molecular weight excluding hydrogens is 282 g/mol. The van der Waals surface area contributed by atoms with Crippen molar-refractivity contribution in [3.8, 4) is 0 Å². The van der Waals surface area contributed by atoms with E-state index >= 15 is 0 Å². The van der Waals surface area contributed by atoms with Crippen molar-refractivity contribution in [2.45, 2.75) is 12.5 Å². The van der Waals surface area contributed by atoms with Gasteiger partial charge in [0.2, 0.25) is 0 Å². The molecule has 0 aromatic carbocycles. The highest BCUT2D eigenvalue weighted by Crippen LogP contribution is 2.22. The summed E-state index contributed by atoms with van der Waals surface area (Å²) in [7, 11) is 0. The van der Waals surface area contributed by atoms with Crippen molar-refractivity contribution in [1.82, 2.24) is 9.80 Å². The maximum absolute atomic E-state index is 12.0. The maximum atomic E-state index is 12.0. The summed E-state index contributed by atoms with van der Waals surface area (Å²) in [4.78, 5) is 37.8. The van der Waals surface area contributed by atoms with E-state index in [0.717, 1.165) is 9.90 Å². The number of likely N-dealkylation sites (tertiary alicyclic amines) is 1. The summed E-state index contributed by atoms with van der Waals surface area (Å²) in [6, 6.07) is 3.17. The Bertz CT molecular complexity index is 529. The summed E-state index contributed by atoms with van der Waals surface area (Å²) >= 11 is 1.44. The second-order valence-electron chi connectivity index (χ2n) is 4.61. The monoisotopic (exact) mass is 295 g/mol. The minimum Gasteiger partial charge on any atom is -0.439 e. The van der Waals surface area contributed by atoms with Crippen molar-refractivity contribution < 1.29 is 19.1 Å². The minimum atomic E-state index is -0.611. The lowest BCUT2D eigenvalue weighted by molar-refractivity contribution is -0.127. The molecular formula is C12H13N3O4S. The normalized spacial score (nSPS) is 22.3. The molecule has 8 heteroatoms. The number of imide groups is 1. The molecule has 2 aliphatic heterocycles. The molecule has 20 heavy (non-hydrogen) atoms. The zero-order valence-corrected chi connectivity index (χ0v) is 11.4. The molecule has 0 aliphatic carbocycles. The van der Waals surface area contributed by atoms with Gasteiger partial charge in [0.1, 0.15) is 0 Å². The van der Waals surface area contributed by atoms with E-state index in [4.69, 9.17) is 4.74 Å². The molecule has 2 aliphatic rings. The van der Waals surface area contributed by atoms with Gasteiger partial charge in [0, 0.05) is 13.1 Å². The number of cyclic esters (lactones) is 1. The van der Waals surface area contributed by atoms with Crippen LogP contribution in [0.2, 0.25) is 0 Å². The van der Waals surface area contributed by atoms with Crippen LogP contribution in [-0.2, 0) is 9.53 Å². The number of hydrogen-bond acceptors (Lipinski definition) is 5. The van der Waals surface area contributed by atoms with Gasteiger partial charge in [0.25, 0.3) is 5.91 Å². The Labute approximate surface area is 119 Å². The van der Waals surface area contributed by atoms with Crippen molar-refractivity contribution in [3.63, 3.8) is 0 Å². The summed E-state index contributed by atoms with van der Waals surface area (Å²) in [6.45, 7) is 0.660. The highest BCUT2D eigenvalue weighted by atomic mass is 32.1. The molecule has 1 aromatic rings. The van der Waals surface area contributed by atoms with E-state index in [1.54, 1.807) is 4.90 Å². The van der Waals surface area contributed by atoms with Gasteiger partial charge in [0.05, 0.1) is 11.0 Å². The quantitative estimate of drug-likeness (QED) is 0.893. The average molecular weight is 295 g/mol. The van der Waals surface area contributed by atoms with Crippen LogP contribution in [0.15, 0.2) is 17.5 Å². The fourth-order valence-corrected chi connectivity index (χ4v) is 3.00. The van der Waals surface area contributed by atoms with Gasteiger partial charge in [-0.05, 0) is 23.9 Å². The topological polar surface area (TPSA) is 79.0 Å². The zero-order valence-electron chi connectivity index (χ0n) is 10.6. The second-order valence-corrected chi connectivity index (χ2v) is 5.56. The van der Waals surface area contributed by atoms with Crippen LogP contribution < -0.4 is 5.32 Å². The first-order chi connectivity index (χ1) is 9.65. The fraction of sp³-hybridized carbons (Fsp3) is 0.417. The SMILES string of the molecule is O=C(Nc1cccs1)N1CCC(N2C(=O)COC2=O)C1. The van der Waals surface area contributed by atoms with E-state index in [1.165, 1.54) is 11.3 Å². The zero-order chi connectivity index (χ0) is 14.1. The largest absolute Gasteiger partial charge is 0.439 e. The predicted octanol–water partition coefficient (Wildman–Crippen LogP) is 1.33. The van der Waals surface area contributed by atoms with Crippen molar-refractivity contribution in [1.29, 1.82) is 0 Å². The van der Waals surface area contributed by atoms with Crippen molar-refractivity contribution >= 4 is 34.4 Å². The molecule has 3 rings (SSSR count). The third-order valence-electron chi connectivity index (χ3n) is 3.35. The third-order valence-corrected chi connectivity index (χ3v) is 4.14. The van der Waals surface area contributed by atoms with Gasteiger partial charge in [-0.15, -0.1) is 11.3 Å². The maximum Gasteiger partial charge on any atom is 0.417 e. The number of hydrogen-bond donors (Lipinski definition) is 1. The molecule has 1 N–H and O–H groups in total. The smallest absolute Gasteiger partial charge is 0.417 e. The summed E-state index contributed by atoms with van der Waals surface area (Å²) in [5.41, 5.74) is 0. The Kier molecular flexibility index (Phi) is 3.31. The summed E-state index contributed by atoms with van der Waals surface area (Å²) in [5.74, 6) is -0.333. The Hall–Kier alpha value is -2.09. The van der Waals surface area contributed by atoms with E-state index in [9.17, 15) is 14.4 Å². The number of urea groups is 1. The van der Waals surface area contributed by atoms with Gasteiger partial charge >= 0.3 is 12.1 Å². The van der Waals surface area contributed by atoms with Gasteiger partial charge in [-0.2, -0.15) is 0 Å². The molecule has 0 radical (unpaired) electrons. The van der Waals surface area contributed by atoms with E-state index in [2.05, 4.69) is 5.32 Å². The third kappa shape index (κ3) is 2.34. The lowest BCUT2D eigenvalue weighted by atomic mass is 10.2. The van der Waals surface area contributed by atoms with Crippen molar-refractivity contribution in [2.24, 2.45) is 0 Å². The van der Waals surface area contributed by atoms with Crippen LogP contribution in [0.1, 0.15) is 6.42 Å². The lowest BCUT2D eigenvalue weighted by Gasteiger charge is -2.20. The number of rotatable bonds is 2. The summed E-state index contributed by atoms with van der Waals surface area (Å²) in [6.07, 6.45) is -0.0286. The van der Waals surface area contributed by atoms with Gasteiger partial charge in [-0.1, -0.05) is 0 Å².